The van der Waals surface area contributed by atoms with Gasteiger partial charge in [-0.05, 0) is 13.0 Å². The van der Waals surface area contributed by atoms with Gasteiger partial charge in [-0.1, -0.05) is 20.3 Å². The molecule has 0 saturated carbocycles. The molecule has 1 unspecified atom stereocenters. The van der Waals surface area contributed by atoms with Crippen molar-refractivity contribution < 1.29 is 4.74 Å². The SMILES string of the molecule is CCCc1nc(C2CN(CC)CCO2)nc2c1CNC2. The maximum Gasteiger partial charge on any atom is 0.158 e. The second-order valence-electron chi connectivity index (χ2n) is 5.56. The van der Waals surface area contributed by atoms with E-state index in [1.54, 1.807) is 0 Å². The summed E-state index contributed by atoms with van der Waals surface area (Å²) in [6.07, 6.45) is 2.18. The normalized spacial score (nSPS) is 23.0. The summed E-state index contributed by atoms with van der Waals surface area (Å²) >= 11 is 0. The number of nitrogens with one attached hydrogen (secondary N) is 1. The van der Waals surface area contributed by atoms with E-state index >= 15 is 0 Å². The molecule has 0 aliphatic carbocycles. The van der Waals surface area contributed by atoms with Crippen LogP contribution in [-0.4, -0.2) is 41.1 Å². The Morgan fingerprint density at radius 3 is 3.00 bits per heavy atom. The lowest BCUT2D eigenvalue weighted by Crippen LogP contribution is -2.38. The largest absolute Gasteiger partial charge is 0.368 e. The van der Waals surface area contributed by atoms with Gasteiger partial charge in [0, 0.05) is 37.4 Å². The van der Waals surface area contributed by atoms with Gasteiger partial charge in [-0.25, -0.2) is 9.97 Å². The molecular weight excluding hydrogens is 252 g/mol. The van der Waals surface area contributed by atoms with E-state index in [9.17, 15) is 0 Å². The molecule has 0 amide bonds. The Bertz CT molecular complexity index is 477. The molecule has 0 bridgehead atoms. The Kier molecular flexibility index (Phi) is 4.29. The maximum absolute atomic E-state index is 5.90. The van der Waals surface area contributed by atoms with Crippen molar-refractivity contribution in [3.8, 4) is 0 Å². The first-order valence-electron chi connectivity index (χ1n) is 7.75. The Hall–Kier alpha value is -1.04. The Morgan fingerprint density at radius 2 is 2.20 bits per heavy atom. The number of morpholine rings is 1. The Balaban J connectivity index is 1.87. The van der Waals surface area contributed by atoms with Gasteiger partial charge in [0.15, 0.2) is 5.82 Å². The smallest absolute Gasteiger partial charge is 0.158 e. The zero-order valence-corrected chi connectivity index (χ0v) is 12.5. The van der Waals surface area contributed by atoms with E-state index in [1.807, 2.05) is 0 Å². The molecular formula is C15H24N4O. The molecule has 2 aliphatic heterocycles. The quantitative estimate of drug-likeness (QED) is 0.901. The van der Waals surface area contributed by atoms with Gasteiger partial charge in [0.1, 0.15) is 6.10 Å². The number of nitrogens with zero attached hydrogens (tertiary/aromatic N) is 3. The standard InChI is InChI=1S/C15H24N4O/c1-3-5-12-11-8-16-9-13(11)18-15(17-12)14-10-19(4-2)6-7-20-14/h14,16H,3-10H2,1-2H3. The highest BCUT2D eigenvalue weighted by atomic mass is 16.5. The number of aromatic nitrogens is 2. The summed E-state index contributed by atoms with van der Waals surface area (Å²) in [6, 6.07) is 0. The van der Waals surface area contributed by atoms with E-state index < -0.39 is 0 Å². The number of rotatable bonds is 4. The van der Waals surface area contributed by atoms with Gasteiger partial charge >= 0.3 is 0 Å². The van der Waals surface area contributed by atoms with E-state index in [0.29, 0.717) is 0 Å². The third kappa shape index (κ3) is 2.71. The number of hydrogen-bond donors (Lipinski definition) is 1. The Morgan fingerprint density at radius 1 is 1.30 bits per heavy atom. The highest BCUT2D eigenvalue weighted by Gasteiger charge is 2.26. The first-order chi connectivity index (χ1) is 9.81. The molecule has 3 rings (SSSR count). The molecule has 1 aromatic heterocycles. The molecule has 0 aromatic carbocycles. The molecule has 1 saturated heterocycles. The highest BCUT2D eigenvalue weighted by Crippen LogP contribution is 2.24. The molecule has 1 atom stereocenters. The average molecular weight is 276 g/mol. The first kappa shape index (κ1) is 13.9. The lowest BCUT2D eigenvalue weighted by atomic mass is 10.1. The molecule has 20 heavy (non-hydrogen) atoms. The number of aryl methyl sites for hydroxylation is 1. The third-order valence-corrected chi connectivity index (χ3v) is 4.16. The van der Waals surface area contributed by atoms with Crippen LogP contribution in [0.3, 0.4) is 0 Å². The lowest BCUT2D eigenvalue weighted by Gasteiger charge is -2.31. The predicted octanol–water partition coefficient (Wildman–Crippen LogP) is 1.43. The second-order valence-corrected chi connectivity index (χ2v) is 5.56. The number of fused-ring (bicyclic) bond motifs is 1. The Labute approximate surface area is 120 Å². The first-order valence-corrected chi connectivity index (χ1v) is 7.75. The van der Waals surface area contributed by atoms with Crippen LogP contribution in [0.15, 0.2) is 0 Å². The van der Waals surface area contributed by atoms with Crippen molar-refractivity contribution in [1.29, 1.82) is 0 Å². The fourth-order valence-electron chi connectivity index (χ4n) is 2.99. The summed E-state index contributed by atoms with van der Waals surface area (Å²) in [5.74, 6) is 0.883. The van der Waals surface area contributed by atoms with Crippen LogP contribution >= 0.6 is 0 Å². The average Bonchev–Trinajstić information content (AvgIpc) is 2.96. The van der Waals surface area contributed by atoms with Gasteiger partial charge in [0.2, 0.25) is 0 Å². The minimum absolute atomic E-state index is 0.0326. The minimum atomic E-state index is 0.0326. The van der Waals surface area contributed by atoms with Crippen LogP contribution in [0.2, 0.25) is 0 Å². The fraction of sp³-hybridized carbons (Fsp3) is 0.733. The van der Waals surface area contributed by atoms with Crippen LogP contribution in [0, 0.1) is 0 Å². The third-order valence-electron chi connectivity index (χ3n) is 4.16. The fourth-order valence-corrected chi connectivity index (χ4v) is 2.99. The summed E-state index contributed by atoms with van der Waals surface area (Å²) < 4.78 is 5.90. The van der Waals surface area contributed by atoms with Crippen molar-refractivity contribution in [3.63, 3.8) is 0 Å². The topological polar surface area (TPSA) is 50.3 Å². The van der Waals surface area contributed by atoms with Crippen LogP contribution < -0.4 is 5.32 Å². The van der Waals surface area contributed by atoms with Crippen molar-refractivity contribution in [2.24, 2.45) is 0 Å². The highest BCUT2D eigenvalue weighted by molar-refractivity contribution is 5.30. The zero-order chi connectivity index (χ0) is 13.9. The number of hydrogen-bond acceptors (Lipinski definition) is 5. The van der Waals surface area contributed by atoms with Crippen molar-refractivity contribution >= 4 is 0 Å². The zero-order valence-electron chi connectivity index (χ0n) is 12.5. The van der Waals surface area contributed by atoms with Gasteiger partial charge in [-0.3, -0.25) is 4.90 Å². The van der Waals surface area contributed by atoms with E-state index in [0.717, 1.165) is 58.0 Å². The van der Waals surface area contributed by atoms with Crippen LogP contribution in [0.25, 0.3) is 0 Å². The summed E-state index contributed by atoms with van der Waals surface area (Å²) in [4.78, 5) is 12.0. The molecule has 3 heterocycles. The van der Waals surface area contributed by atoms with Crippen LogP contribution in [0.1, 0.15) is 49.1 Å². The summed E-state index contributed by atoms with van der Waals surface area (Å²) in [5.41, 5.74) is 3.71. The maximum atomic E-state index is 5.90. The van der Waals surface area contributed by atoms with Gasteiger partial charge in [0.25, 0.3) is 0 Å². The van der Waals surface area contributed by atoms with Crippen molar-refractivity contribution in [1.82, 2.24) is 20.2 Å². The van der Waals surface area contributed by atoms with Crippen LogP contribution in [0.5, 0.6) is 0 Å². The molecule has 110 valence electrons. The molecule has 0 spiro atoms. The molecule has 5 nitrogen and oxygen atoms in total. The number of ether oxygens (including phenoxy) is 1. The molecule has 1 N–H and O–H groups in total. The summed E-state index contributed by atoms with van der Waals surface area (Å²) in [5, 5.41) is 3.38. The molecule has 1 aromatic rings. The van der Waals surface area contributed by atoms with Crippen molar-refractivity contribution in [2.45, 2.75) is 45.9 Å². The molecule has 0 radical (unpaired) electrons. The predicted molar refractivity (Wildman–Crippen MR) is 77.4 cm³/mol. The van der Waals surface area contributed by atoms with Gasteiger partial charge in [0.05, 0.1) is 12.3 Å². The van der Waals surface area contributed by atoms with Crippen molar-refractivity contribution in [3.05, 3.63) is 22.8 Å². The number of likely N-dealkylation sites (N-methyl/N-ethyl adjacent to an activating group) is 1. The van der Waals surface area contributed by atoms with Gasteiger partial charge in [-0.15, -0.1) is 0 Å². The van der Waals surface area contributed by atoms with E-state index in [4.69, 9.17) is 14.7 Å². The molecule has 1 fully saturated rings. The summed E-state index contributed by atoms with van der Waals surface area (Å²) in [6.45, 7) is 9.94. The van der Waals surface area contributed by atoms with E-state index in [2.05, 4.69) is 24.1 Å². The molecule has 5 heteroatoms. The summed E-state index contributed by atoms with van der Waals surface area (Å²) in [7, 11) is 0. The van der Waals surface area contributed by atoms with E-state index in [-0.39, 0.29) is 6.10 Å². The van der Waals surface area contributed by atoms with Gasteiger partial charge < -0.3 is 10.1 Å². The van der Waals surface area contributed by atoms with Gasteiger partial charge in [-0.2, -0.15) is 0 Å². The lowest BCUT2D eigenvalue weighted by molar-refractivity contribution is -0.0327. The second kappa shape index (κ2) is 6.16. The van der Waals surface area contributed by atoms with Crippen molar-refractivity contribution in [2.75, 3.05) is 26.2 Å². The minimum Gasteiger partial charge on any atom is -0.368 e. The van der Waals surface area contributed by atoms with Crippen LogP contribution in [-0.2, 0) is 24.2 Å². The molecule has 2 aliphatic rings. The van der Waals surface area contributed by atoms with E-state index in [1.165, 1.54) is 17.0 Å². The van der Waals surface area contributed by atoms with Crippen LogP contribution in [0.4, 0.5) is 0 Å². The monoisotopic (exact) mass is 276 g/mol.